The molecule has 0 spiro atoms. The highest BCUT2D eigenvalue weighted by Crippen LogP contribution is 2.24. The molecular weight excluding hydrogens is 252 g/mol. The van der Waals surface area contributed by atoms with E-state index in [-0.39, 0.29) is 0 Å². The topological polar surface area (TPSA) is 76.8 Å². The number of imidazole rings is 1. The normalized spacial score (nSPS) is 10.7. The highest BCUT2D eigenvalue weighted by Gasteiger charge is 2.05. The Morgan fingerprint density at radius 3 is 2.94 bits per heavy atom. The van der Waals surface area contributed by atoms with Gasteiger partial charge in [0.25, 0.3) is 6.01 Å². The number of aromatic nitrogens is 3. The Morgan fingerprint density at radius 2 is 2.11 bits per heavy atom. The first kappa shape index (κ1) is 10.9. The number of H-pyrrole nitrogens is 1. The molecule has 0 aliphatic carbocycles. The number of nitrogens with one attached hydrogen (secondary N) is 1. The quantitative estimate of drug-likeness (QED) is 0.695. The zero-order valence-electron chi connectivity index (χ0n) is 9.22. The second-order valence-electron chi connectivity index (χ2n) is 3.76. The second kappa shape index (κ2) is 4.19. The predicted octanol–water partition coefficient (Wildman–Crippen LogP) is 2.99. The van der Waals surface area contributed by atoms with Gasteiger partial charge in [-0.3, -0.25) is 4.98 Å². The van der Waals surface area contributed by atoms with Crippen molar-refractivity contribution in [1.82, 2.24) is 15.0 Å². The van der Waals surface area contributed by atoms with Gasteiger partial charge in [0.2, 0.25) is 0 Å². The van der Waals surface area contributed by atoms with Crippen LogP contribution in [0.1, 0.15) is 0 Å². The Bertz CT molecular complexity index is 710. The number of benzene rings is 1. The fourth-order valence-electron chi connectivity index (χ4n) is 1.61. The molecule has 2 heterocycles. The predicted molar refractivity (Wildman–Crippen MR) is 69.8 cm³/mol. The molecular formula is C12H9ClN4O. The molecule has 0 bridgehead atoms. The van der Waals surface area contributed by atoms with E-state index in [9.17, 15) is 0 Å². The van der Waals surface area contributed by atoms with E-state index < -0.39 is 0 Å². The summed E-state index contributed by atoms with van der Waals surface area (Å²) in [5, 5.41) is 0.507. The van der Waals surface area contributed by atoms with Gasteiger partial charge in [-0.25, -0.2) is 0 Å². The number of nitrogen functional groups attached to an aromatic ring is 1. The van der Waals surface area contributed by atoms with Crippen molar-refractivity contribution in [2.24, 2.45) is 0 Å². The standard InChI is InChI=1S/C12H9ClN4O/c13-7-3-9(6-15-5-7)18-12-16-10-2-1-8(14)4-11(10)17-12/h1-6H,14H2,(H,16,17). The Morgan fingerprint density at radius 1 is 1.22 bits per heavy atom. The number of hydrogen-bond acceptors (Lipinski definition) is 4. The molecule has 0 unspecified atom stereocenters. The maximum atomic E-state index is 5.82. The minimum atomic E-state index is 0.375. The van der Waals surface area contributed by atoms with Crippen molar-refractivity contribution >= 4 is 28.3 Å². The number of pyridine rings is 1. The summed E-state index contributed by atoms with van der Waals surface area (Å²) in [5.74, 6) is 0.523. The minimum Gasteiger partial charge on any atom is -0.424 e. The van der Waals surface area contributed by atoms with Gasteiger partial charge in [0, 0.05) is 18.0 Å². The largest absolute Gasteiger partial charge is 0.424 e. The zero-order valence-corrected chi connectivity index (χ0v) is 9.98. The average molecular weight is 261 g/mol. The Hall–Kier alpha value is -2.27. The summed E-state index contributed by atoms with van der Waals surface area (Å²) in [4.78, 5) is 11.2. The summed E-state index contributed by atoms with van der Waals surface area (Å²) in [6.07, 6.45) is 3.10. The smallest absolute Gasteiger partial charge is 0.300 e. The summed E-state index contributed by atoms with van der Waals surface area (Å²) < 4.78 is 5.53. The third-order valence-corrected chi connectivity index (χ3v) is 2.59. The summed E-state index contributed by atoms with van der Waals surface area (Å²) in [5.41, 5.74) is 7.96. The molecule has 6 heteroatoms. The highest BCUT2D eigenvalue weighted by atomic mass is 35.5. The molecule has 0 amide bonds. The molecule has 0 aliphatic rings. The minimum absolute atomic E-state index is 0.375. The number of halogens is 1. The van der Waals surface area contributed by atoms with Crippen LogP contribution in [0.25, 0.3) is 11.0 Å². The molecule has 18 heavy (non-hydrogen) atoms. The molecule has 0 atom stereocenters. The lowest BCUT2D eigenvalue weighted by atomic mass is 10.3. The van der Waals surface area contributed by atoms with Gasteiger partial charge in [-0.1, -0.05) is 11.6 Å². The van der Waals surface area contributed by atoms with Gasteiger partial charge in [0.1, 0.15) is 0 Å². The molecule has 3 aromatic rings. The molecule has 0 aliphatic heterocycles. The fourth-order valence-corrected chi connectivity index (χ4v) is 1.78. The van der Waals surface area contributed by atoms with Gasteiger partial charge in [0.05, 0.1) is 22.3 Å². The van der Waals surface area contributed by atoms with Crippen LogP contribution in [0, 0.1) is 0 Å². The number of fused-ring (bicyclic) bond motifs is 1. The molecule has 5 nitrogen and oxygen atoms in total. The summed E-state index contributed by atoms with van der Waals surface area (Å²) >= 11 is 5.82. The van der Waals surface area contributed by atoms with Gasteiger partial charge in [-0.05, 0) is 18.2 Å². The lowest BCUT2D eigenvalue weighted by molar-refractivity contribution is 0.447. The van der Waals surface area contributed by atoms with Crippen molar-refractivity contribution in [3.05, 3.63) is 41.7 Å². The number of ether oxygens (including phenoxy) is 1. The van der Waals surface area contributed by atoms with E-state index in [4.69, 9.17) is 22.1 Å². The van der Waals surface area contributed by atoms with Crippen molar-refractivity contribution < 1.29 is 4.74 Å². The Labute approximate surface area is 108 Å². The number of anilines is 1. The van der Waals surface area contributed by atoms with E-state index in [1.807, 2.05) is 6.07 Å². The van der Waals surface area contributed by atoms with Gasteiger partial charge < -0.3 is 15.5 Å². The fraction of sp³-hybridized carbons (Fsp3) is 0. The van der Waals surface area contributed by atoms with Crippen LogP contribution in [0.4, 0.5) is 5.69 Å². The Balaban J connectivity index is 1.95. The van der Waals surface area contributed by atoms with E-state index in [2.05, 4.69) is 15.0 Å². The van der Waals surface area contributed by atoms with Crippen LogP contribution in [-0.2, 0) is 0 Å². The van der Waals surface area contributed by atoms with Crippen LogP contribution in [0.5, 0.6) is 11.8 Å². The van der Waals surface area contributed by atoms with Crippen LogP contribution in [0.2, 0.25) is 5.02 Å². The van der Waals surface area contributed by atoms with Crippen molar-refractivity contribution in [2.45, 2.75) is 0 Å². The van der Waals surface area contributed by atoms with Gasteiger partial charge in [-0.2, -0.15) is 4.98 Å². The number of nitrogens with two attached hydrogens (primary N) is 1. The second-order valence-corrected chi connectivity index (χ2v) is 4.20. The molecule has 2 aromatic heterocycles. The van der Waals surface area contributed by atoms with Crippen molar-refractivity contribution in [1.29, 1.82) is 0 Å². The van der Waals surface area contributed by atoms with E-state index in [0.717, 1.165) is 11.0 Å². The highest BCUT2D eigenvalue weighted by molar-refractivity contribution is 6.30. The molecule has 3 rings (SSSR count). The molecule has 0 saturated carbocycles. The Kier molecular flexibility index (Phi) is 2.53. The van der Waals surface area contributed by atoms with Crippen LogP contribution in [0.3, 0.4) is 0 Å². The maximum Gasteiger partial charge on any atom is 0.300 e. The van der Waals surface area contributed by atoms with E-state index in [1.165, 1.54) is 6.20 Å². The van der Waals surface area contributed by atoms with Crippen molar-refractivity contribution in [3.63, 3.8) is 0 Å². The SMILES string of the molecule is Nc1ccc2nc(Oc3cncc(Cl)c3)[nH]c2c1. The van der Waals surface area contributed by atoms with Gasteiger partial charge in [0.15, 0.2) is 5.75 Å². The maximum absolute atomic E-state index is 5.82. The molecule has 1 aromatic carbocycles. The molecule has 90 valence electrons. The number of nitrogens with zero attached hydrogens (tertiary/aromatic N) is 2. The lowest BCUT2D eigenvalue weighted by Gasteiger charge is -2.00. The van der Waals surface area contributed by atoms with Gasteiger partial charge >= 0.3 is 0 Å². The number of hydrogen-bond donors (Lipinski definition) is 2. The molecule has 0 fully saturated rings. The summed E-state index contributed by atoms with van der Waals surface area (Å²) in [6, 6.07) is 7.44. The number of aromatic amines is 1. The van der Waals surface area contributed by atoms with Crippen LogP contribution in [-0.4, -0.2) is 15.0 Å². The zero-order chi connectivity index (χ0) is 12.5. The first-order chi connectivity index (χ1) is 8.70. The van der Waals surface area contributed by atoms with Crippen LogP contribution < -0.4 is 10.5 Å². The third kappa shape index (κ3) is 2.08. The number of rotatable bonds is 2. The van der Waals surface area contributed by atoms with Crippen molar-refractivity contribution in [3.8, 4) is 11.8 Å². The van der Waals surface area contributed by atoms with Crippen LogP contribution in [0.15, 0.2) is 36.7 Å². The average Bonchev–Trinajstić information content (AvgIpc) is 2.70. The summed E-state index contributed by atoms with van der Waals surface area (Å²) in [7, 11) is 0. The molecule has 0 radical (unpaired) electrons. The first-order valence-electron chi connectivity index (χ1n) is 5.24. The third-order valence-electron chi connectivity index (χ3n) is 2.38. The van der Waals surface area contributed by atoms with Crippen LogP contribution >= 0.6 is 11.6 Å². The summed E-state index contributed by atoms with van der Waals surface area (Å²) in [6.45, 7) is 0. The monoisotopic (exact) mass is 260 g/mol. The van der Waals surface area contributed by atoms with E-state index >= 15 is 0 Å². The van der Waals surface area contributed by atoms with Crippen molar-refractivity contribution in [2.75, 3.05) is 5.73 Å². The molecule has 0 saturated heterocycles. The van der Waals surface area contributed by atoms with E-state index in [1.54, 1.807) is 24.4 Å². The van der Waals surface area contributed by atoms with E-state index in [0.29, 0.717) is 22.5 Å². The van der Waals surface area contributed by atoms with Gasteiger partial charge in [-0.15, -0.1) is 0 Å². The lowest BCUT2D eigenvalue weighted by Crippen LogP contribution is -1.86. The first-order valence-corrected chi connectivity index (χ1v) is 5.62. The molecule has 3 N–H and O–H groups in total.